The summed E-state index contributed by atoms with van der Waals surface area (Å²) in [4.78, 5) is 26.6. The van der Waals surface area contributed by atoms with Crippen molar-refractivity contribution < 1.29 is 9.59 Å². The number of aromatic amines is 1. The lowest BCUT2D eigenvalue weighted by Crippen LogP contribution is -2.19. The fourth-order valence-electron chi connectivity index (χ4n) is 2.63. The number of halogens is 1. The van der Waals surface area contributed by atoms with Gasteiger partial charge >= 0.3 is 0 Å². The monoisotopic (exact) mass is 296 g/mol. The maximum Gasteiger partial charge on any atom is 0.259 e. The molecule has 2 heterocycles. The van der Waals surface area contributed by atoms with Crippen LogP contribution in [0.25, 0.3) is 22.2 Å². The summed E-state index contributed by atoms with van der Waals surface area (Å²) in [7, 11) is 0. The Morgan fingerprint density at radius 2 is 1.57 bits per heavy atom. The maximum atomic E-state index is 11.7. The van der Waals surface area contributed by atoms with E-state index in [1.54, 1.807) is 12.1 Å². The van der Waals surface area contributed by atoms with Gasteiger partial charge in [-0.15, -0.1) is 0 Å². The number of hydrogen-bond acceptors (Lipinski definition) is 2. The Bertz CT molecular complexity index is 913. The topological polar surface area (TPSA) is 62.0 Å². The van der Waals surface area contributed by atoms with Gasteiger partial charge in [-0.3, -0.25) is 14.9 Å². The third-order valence-corrected chi connectivity index (χ3v) is 4.04. The summed E-state index contributed by atoms with van der Waals surface area (Å²) in [5, 5.41) is 3.56. The molecule has 2 N–H and O–H groups in total. The molecule has 21 heavy (non-hydrogen) atoms. The Morgan fingerprint density at radius 1 is 0.905 bits per heavy atom. The first-order valence-corrected chi connectivity index (χ1v) is 6.79. The number of carbonyl (C=O) groups is 2. The first-order valence-electron chi connectivity index (χ1n) is 6.41. The van der Waals surface area contributed by atoms with E-state index in [1.807, 2.05) is 30.3 Å². The lowest BCUT2D eigenvalue weighted by Gasteiger charge is -1.97. The van der Waals surface area contributed by atoms with Crippen LogP contribution in [0, 0.1) is 0 Å². The molecular weight excluding hydrogens is 288 g/mol. The van der Waals surface area contributed by atoms with Crippen LogP contribution in [0.15, 0.2) is 42.5 Å². The van der Waals surface area contributed by atoms with Gasteiger partial charge in [-0.1, -0.05) is 41.9 Å². The molecule has 1 aromatic heterocycles. The second-order valence-corrected chi connectivity index (χ2v) is 5.28. The van der Waals surface area contributed by atoms with Gasteiger partial charge in [-0.05, 0) is 17.7 Å². The largest absolute Gasteiger partial charge is 0.353 e. The fourth-order valence-corrected chi connectivity index (χ4v) is 2.94. The van der Waals surface area contributed by atoms with Crippen molar-refractivity contribution in [2.45, 2.75) is 0 Å². The molecule has 0 fully saturated rings. The lowest BCUT2D eigenvalue weighted by atomic mass is 10.1. The number of rotatable bonds is 1. The first-order chi connectivity index (χ1) is 10.1. The summed E-state index contributed by atoms with van der Waals surface area (Å²) in [6, 6.07) is 13.0. The number of amides is 2. The molecule has 4 rings (SSSR count). The zero-order valence-corrected chi connectivity index (χ0v) is 11.5. The molecule has 0 spiro atoms. The minimum atomic E-state index is -0.379. The van der Waals surface area contributed by atoms with E-state index < -0.39 is 0 Å². The summed E-state index contributed by atoms with van der Waals surface area (Å²) >= 11 is 6.43. The van der Waals surface area contributed by atoms with E-state index in [0.29, 0.717) is 16.1 Å². The fraction of sp³-hybridized carbons (Fsp3) is 0. The van der Waals surface area contributed by atoms with Crippen molar-refractivity contribution in [1.29, 1.82) is 0 Å². The minimum Gasteiger partial charge on any atom is -0.353 e. The summed E-state index contributed by atoms with van der Waals surface area (Å²) in [6.45, 7) is 0. The number of hydrogen-bond donors (Lipinski definition) is 2. The number of aromatic nitrogens is 1. The molecule has 0 bridgehead atoms. The van der Waals surface area contributed by atoms with Gasteiger partial charge in [0.2, 0.25) is 0 Å². The predicted octanol–water partition coefficient (Wildman–Crippen LogP) is 3.37. The molecule has 3 aromatic rings. The number of H-pyrrole nitrogens is 1. The Kier molecular flexibility index (Phi) is 2.43. The molecule has 0 saturated heterocycles. The first kappa shape index (κ1) is 12.2. The van der Waals surface area contributed by atoms with Gasteiger partial charge in [-0.25, -0.2) is 0 Å². The van der Waals surface area contributed by atoms with Gasteiger partial charge in [0.1, 0.15) is 0 Å². The molecule has 0 atom stereocenters. The van der Waals surface area contributed by atoms with Crippen LogP contribution in [0.3, 0.4) is 0 Å². The highest BCUT2D eigenvalue weighted by molar-refractivity contribution is 6.39. The molecule has 2 amide bonds. The van der Waals surface area contributed by atoms with Crippen LogP contribution in [0.5, 0.6) is 0 Å². The predicted molar refractivity (Wildman–Crippen MR) is 80.5 cm³/mol. The van der Waals surface area contributed by atoms with Crippen molar-refractivity contribution in [3.05, 3.63) is 58.6 Å². The highest BCUT2D eigenvalue weighted by Crippen LogP contribution is 2.36. The zero-order chi connectivity index (χ0) is 14.6. The Labute approximate surface area is 124 Å². The molecule has 2 aromatic carbocycles. The second kappa shape index (κ2) is 4.20. The van der Waals surface area contributed by atoms with Crippen LogP contribution in [0.1, 0.15) is 20.7 Å². The van der Waals surface area contributed by atoms with Crippen molar-refractivity contribution >= 4 is 34.3 Å². The molecule has 0 unspecified atom stereocenters. The smallest absolute Gasteiger partial charge is 0.259 e. The second-order valence-electron chi connectivity index (χ2n) is 4.91. The van der Waals surface area contributed by atoms with E-state index in [-0.39, 0.29) is 11.8 Å². The molecule has 102 valence electrons. The van der Waals surface area contributed by atoms with Crippen LogP contribution in [0.2, 0.25) is 5.02 Å². The summed E-state index contributed by atoms with van der Waals surface area (Å²) < 4.78 is 0. The molecular formula is C16H9ClN2O2. The van der Waals surface area contributed by atoms with Gasteiger partial charge in [0, 0.05) is 10.9 Å². The SMILES string of the molecule is O=C1NC(=O)c2cc3c(Cl)c(-c4ccccc4)[nH]c3cc21. The molecule has 4 nitrogen and oxygen atoms in total. The van der Waals surface area contributed by atoms with E-state index in [1.165, 1.54) is 0 Å². The number of imide groups is 1. The van der Waals surface area contributed by atoms with Crippen molar-refractivity contribution in [1.82, 2.24) is 10.3 Å². The molecule has 0 radical (unpaired) electrons. The van der Waals surface area contributed by atoms with Crippen LogP contribution < -0.4 is 5.32 Å². The van der Waals surface area contributed by atoms with E-state index >= 15 is 0 Å². The third kappa shape index (κ3) is 1.69. The summed E-state index contributed by atoms with van der Waals surface area (Å²) in [5.41, 5.74) is 3.22. The number of benzene rings is 2. The summed E-state index contributed by atoms with van der Waals surface area (Å²) in [6.07, 6.45) is 0. The Morgan fingerprint density at radius 3 is 2.29 bits per heavy atom. The third-order valence-electron chi connectivity index (χ3n) is 3.65. The Balaban J connectivity index is 2.00. The Hall–Kier alpha value is -2.59. The highest BCUT2D eigenvalue weighted by Gasteiger charge is 2.28. The van der Waals surface area contributed by atoms with E-state index in [9.17, 15) is 9.59 Å². The maximum absolute atomic E-state index is 11.7. The van der Waals surface area contributed by atoms with Gasteiger partial charge in [0.05, 0.1) is 21.8 Å². The molecule has 1 aliphatic rings. The van der Waals surface area contributed by atoms with E-state index in [4.69, 9.17) is 11.6 Å². The van der Waals surface area contributed by atoms with Crippen molar-refractivity contribution in [2.75, 3.05) is 0 Å². The molecule has 0 saturated carbocycles. The van der Waals surface area contributed by atoms with Gasteiger partial charge < -0.3 is 4.98 Å². The van der Waals surface area contributed by atoms with Crippen LogP contribution in [-0.2, 0) is 0 Å². The molecule has 5 heteroatoms. The standard InChI is InChI=1S/C16H9ClN2O2/c17-13-11-6-9-10(16(21)19-15(9)20)7-12(11)18-14(13)8-4-2-1-3-5-8/h1-7,18H,(H,19,20,21). The quantitative estimate of drug-likeness (QED) is 0.676. The minimum absolute atomic E-state index is 0.369. The van der Waals surface area contributed by atoms with Gasteiger partial charge in [-0.2, -0.15) is 0 Å². The van der Waals surface area contributed by atoms with Crippen molar-refractivity contribution in [2.24, 2.45) is 0 Å². The van der Waals surface area contributed by atoms with Crippen molar-refractivity contribution in [3.8, 4) is 11.3 Å². The summed E-state index contributed by atoms with van der Waals surface area (Å²) in [5.74, 6) is -0.751. The number of fused-ring (bicyclic) bond motifs is 2. The van der Waals surface area contributed by atoms with Crippen LogP contribution in [0.4, 0.5) is 0 Å². The van der Waals surface area contributed by atoms with Crippen LogP contribution >= 0.6 is 11.6 Å². The van der Waals surface area contributed by atoms with E-state index in [2.05, 4.69) is 10.3 Å². The average Bonchev–Trinajstić information content (AvgIpc) is 2.97. The van der Waals surface area contributed by atoms with Gasteiger partial charge in [0.15, 0.2) is 0 Å². The van der Waals surface area contributed by atoms with Crippen LogP contribution in [-0.4, -0.2) is 16.8 Å². The van der Waals surface area contributed by atoms with Crippen molar-refractivity contribution in [3.63, 3.8) is 0 Å². The highest BCUT2D eigenvalue weighted by atomic mass is 35.5. The van der Waals surface area contributed by atoms with E-state index in [0.717, 1.165) is 22.2 Å². The molecule has 0 aliphatic carbocycles. The molecule has 1 aliphatic heterocycles. The zero-order valence-electron chi connectivity index (χ0n) is 10.7. The number of nitrogens with one attached hydrogen (secondary N) is 2. The lowest BCUT2D eigenvalue weighted by molar-refractivity contribution is 0.0879. The van der Waals surface area contributed by atoms with Gasteiger partial charge in [0.25, 0.3) is 11.8 Å². The number of carbonyl (C=O) groups excluding carboxylic acids is 2. The average molecular weight is 297 g/mol. The normalized spacial score (nSPS) is 13.6.